The van der Waals surface area contributed by atoms with Gasteiger partial charge >= 0.3 is 0 Å². The zero-order valence-corrected chi connectivity index (χ0v) is 13.5. The fourth-order valence-electron chi connectivity index (χ4n) is 1.16. The molecule has 0 aliphatic carbocycles. The molecule has 0 fully saturated rings. The van der Waals surface area contributed by atoms with Gasteiger partial charge in [0.15, 0.2) is 0 Å². The standard InChI is InChI=1S/C11H20O2.Sr/c1-6-7-8(2)9(12)10(13)11(3,4)5;/h8H,6-7H2,1-5H3;. The summed E-state index contributed by atoms with van der Waals surface area (Å²) in [5.74, 6) is -0.570. The molecule has 0 saturated carbocycles. The van der Waals surface area contributed by atoms with Gasteiger partial charge in [-0.15, -0.1) is 0 Å². The quantitative estimate of drug-likeness (QED) is 0.580. The predicted molar refractivity (Wildman–Crippen MR) is 59.3 cm³/mol. The van der Waals surface area contributed by atoms with E-state index < -0.39 is 5.41 Å². The molecule has 3 heteroatoms. The maximum absolute atomic E-state index is 11.5. The van der Waals surface area contributed by atoms with E-state index in [2.05, 4.69) is 0 Å². The van der Waals surface area contributed by atoms with Crippen molar-refractivity contribution in [3.63, 3.8) is 0 Å². The number of rotatable bonds is 4. The summed E-state index contributed by atoms with van der Waals surface area (Å²) in [4.78, 5) is 23.1. The Morgan fingerprint density at radius 1 is 1.21 bits per heavy atom. The molecule has 0 amide bonds. The van der Waals surface area contributed by atoms with Gasteiger partial charge in [0, 0.05) is 56.8 Å². The Kier molecular flexibility index (Phi) is 8.80. The van der Waals surface area contributed by atoms with Gasteiger partial charge in [-0.2, -0.15) is 0 Å². The van der Waals surface area contributed by atoms with Crippen molar-refractivity contribution in [2.75, 3.05) is 0 Å². The molecular formula is C11H20O2Sr. The van der Waals surface area contributed by atoms with Crippen LogP contribution in [-0.2, 0) is 9.59 Å². The zero-order chi connectivity index (χ0) is 10.6. The van der Waals surface area contributed by atoms with Crippen molar-refractivity contribution in [1.82, 2.24) is 0 Å². The van der Waals surface area contributed by atoms with Gasteiger partial charge in [-0.1, -0.05) is 41.0 Å². The minimum Gasteiger partial charge on any atom is -0.291 e. The van der Waals surface area contributed by atoms with Crippen LogP contribution in [0, 0.1) is 11.3 Å². The Labute approximate surface area is 124 Å². The molecule has 1 atom stereocenters. The summed E-state index contributed by atoms with van der Waals surface area (Å²) in [6, 6.07) is 0. The molecule has 0 saturated heterocycles. The third-order valence-corrected chi connectivity index (χ3v) is 2.07. The van der Waals surface area contributed by atoms with Crippen LogP contribution in [0.15, 0.2) is 0 Å². The predicted octanol–water partition coefficient (Wildman–Crippen LogP) is 2.23. The molecule has 14 heavy (non-hydrogen) atoms. The number of ketones is 2. The molecule has 0 N–H and O–H groups in total. The fraction of sp³-hybridized carbons (Fsp3) is 0.818. The molecule has 0 aromatic heterocycles. The van der Waals surface area contributed by atoms with Crippen molar-refractivity contribution in [3.8, 4) is 0 Å². The second-order valence-electron chi connectivity index (χ2n) is 4.63. The zero-order valence-electron chi connectivity index (χ0n) is 10.0. The van der Waals surface area contributed by atoms with Crippen molar-refractivity contribution < 1.29 is 9.59 Å². The molecule has 78 valence electrons. The first-order valence-electron chi connectivity index (χ1n) is 4.89. The molecule has 0 bridgehead atoms. The van der Waals surface area contributed by atoms with E-state index in [9.17, 15) is 9.59 Å². The number of hydrogen-bond acceptors (Lipinski definition) is 2. The van der Waals surface area contributed by atoms with E-state index in [4.69, 9.17) is 0 Å². The number of carbonyl (C=O) groups excluding carboxylic acids is 2. The topological polar surface area (TPSA) is 34.1 Å². The van der Waals surface area contributed by atoms with Gasteiger partial charge in [0.1, 0.15) is 0 Å². The van der Waals surface area contributed by atoms with Gasteiger partial charge in [0.2, 0.25) is 11.6 Å². The molecule has 0 aliphatic heterocycles. The molecule has 0 spiro atoms. The largest absolute Gasteiger partial charge is 0.291 e. The minimum absolute atomic E-state index is 0. The average Bonchev–Trinajstić information content (AvgIpc) is 2.00. The third-order valence-electron chi connectivity index (χ3n) is 2.07. The van der Waals surface area contributed by atoms with Gasteiger partial charge < -0.3 is 0 Å². The van der Waals surface area contributed by atoms with Crippen LogP contribution in [0.4, 0.5) is 0 Å². The Bertz CT molecular complexity index is 204. The molecule has 0 rings (SSSR count). The minimum atomic E-state index is -0.529. The summed E-state index contributed by atoms with van der Waals surface area (Å²) in [6.07, 6.45) is 1.75. The van der Waals surface area contributed by atoms with E-state index in [1.54, 1.807) is 20.8 Å². The maximum Gasteiger partial charge on any atom is 0.203 e. The van der Waals surface area contributed by atoms with E-state index in [0.717, 1.165) is 12.8 Å². The third kappa shape index (κ3) is 5.64. The second kappa shape index (κ2) is 7.15. The first kappa shape index (κ1) is 17.2. The molecule has 2 radical (unpaired) electrons. The van der Waals surface area contributed by atoms with Crippen LogP contribution in [0.3, 0.4) is 0 Å². The summed E-state index contributed by atoms with van der Waals surface area (Å²) in [5.41, 5.74) is -0.529. The Balaban J connectivity index is 0. The van der Waals surface area contributed by atoms with Gasteiger partial charge in [-0.25, -0.2) is 0 Å². The number of hydrogen-bond donors (Lipinski definition) is 0. The van der Waals surface area contributed by atoms with E-state index in [0.29, 0.717) is 0 Å². The van der Waals surface area contributed by atoms with Gasteiger partial charge in [-0.3, -0.25) is 9.59 Å². The summed E-state index contributed by atoms with van der Waals surface area (Å²) in [5, 5.41) is 0. The van der Waals surface area contributed by atoms with Crippen LogP contribution in [-0.4, -0.2) is 57.0 Å². The van der Waals surface area contributed by atoms with E-state index >= 15 is 0 Å². The first-order chi connectivity index (χ1) is 5.80. The summed E-state index contributed by atoms with van der Waals surface area (Å²) >= 11 is 0. The van der Waals surface area contributed by atoms with Crippen LogP contribution in [0.1, 0.15) is 47.5 Å². The number of Topliss-reactive ketones (excluding diaryl/α,β-unsaturated/α-hetero) is 2. The fourth-order valence-corrected chi connectivity index (χ4v) is 1.16. The maximum atomic E-state index is 11.5. The first-order valence-corrected chi connectivity index (χ1v) is 4.89. The smallest absolute Gasteiger partial charge is 0.203 e. The normalized spacial score (nSPS) is 12.9. The van der Waals surface area contributed by atoms with Crippen LogP contribution in [0.2, 0.25) is 0 Å². The molecule has 0 aromatic carbocycles. The Hall–Kier alpha value is 0.821. The van der Waals surface area contributed by atoms with Gasteiger partial charge in [-0.05, 0) is 6.42 Å². The molecule has 0 heterocycles. The van der Waals surface area contributed by atoms with Gasteiger partial charge in [0.05, 0.1) is 0 Å². The summed E-state index contributed by atoms with van der Waals surface area (Å²) < 4.78 is 0. The molecule has 2 nitrogen and oxygen atoms in total. The van der Waals surface area contributed by atoms with Gasteiger partial charge in [0.25, 0.3) is 0 Å². The monoisotopic (exact) mass is 272 g/mol. The van der Waals surface area contributed by atoms with Crippen molar-refractivity contribution in [2.45, 2.75) is 47.5 Å². The Morgan fingerprint density at radius 2 is 1.64 bits per heavy atom. The van der Waals surface area contributed by atoms with Crippen LogP contribution in [0.5, 0.6) is 0 Å². The summed E-state index contributed by atoms with van der Waals surface area (Å²) in [7, 11) is 0. The van der Waals surface area contributed by atoms with Crippen molar-refractivity contribution in [1.29, 1.82) is 0 Å². The van der Waals surface area contributed by atoms with Crippen LogP contribution in [0.25, 0.3) is 0 Å². The van der Waals surface area contributed by atoms with Crippen molar-refractivity contribution in [3.05, 3.63) is 0 Å². The molecule has 1 unspecified atom stereocenters. The van der Waals surface area contributed by atoms with E-state index in [1.165, 1.54) is 0 Å². The Morgan fingerprint density at radius 3 is 1.93 bits per heavy atom. The van der Waals surface area contributed by atoms with Crippen LogP contribution >= 0.6 is 0 Å². The van der Waals surface area contributed by atoms with E-state index in [-0.39, 0.29) is 63.0 Å². The van der Waals surface area contributed by atoms with E-state index in [1.807, 2.05) is 13.8 Å². The summed E-state index contributed by atoms with van der Waals surface area (Å²) in [6.45, 7) is 9.20. The molecule has 0 aromatic rings. The van der Waals surface area contributed by atoms with Crippen molar-refractivity contribution >= 4 is 57.0 Å². The second-order valence-corrected chi connectivity index (χ2v) is 4.63. The SMILES string of the molecule is CCCC(C)C(=O)C(=O)C(C)(C)C.[Sr]. The van der Waals surface area contributed by atoms with Crippen LogP contribution < -0.4 is 0 Å². The van der Waals surface area contributed by atoms with Crippen molar-refractivity contribution in [2.24, 2.45) is 11.3 Å². The average molecular weight is 272 g/mol. The molecule has 0 aliphatic rings. The molecular weight excluding hydrogens is 252 g/mol. The number of carbonyl (C=O) groups is 2.